The van der Waals surface area contributed by atoms with E-state index in [4.69, 9.17) is 0 Å². The summed E-state index contributed by atoms with van der Waals surface area (Å²) in [7, 11) is 0. The molecule has 4 unspecified atom stereocenters. The fourth-order valence-electron chi connectivity index (χ4n) is 4.22. The third kappa shape index (κ3) is 2.81. The van der Waals surface area contributed by atoms with Crippen LogP contribution in [0.4, 0.5) is 0 Å². The van der Waals surface area contributed by atoms with Crippen LogP contribution in [0.2, 0.25) is 0 Å². The smallest absolute Gasteiger partial charge is 0.310 e. The Balaban J connectivity index is 2.06. The quantitative estimate of drug-likeness (QED) is 0.849. The first-order valence-electron chi connectivity index (χ1n) is 7.97. The molecule has 0 aromatic heterocycles. The van der Waals surface area contributed by atoms with Gasteiger partial charge in [-0.1, -0.05) is 40.0 Å². The molecule has 3 nitrogen and oxygen atoms in total. The minimum absolute atomic E-state index is 0.463. The fourth-order valence-corrected chi connectivity index (χ4v) is 4.22. The average Bonchev–Trinajstić information content (AvgIpc) is 2.79. The van der Waals surface area contributed by atoms with E-state index in [1.165, 1.54) is 19.3 Å². The molecule has 1 N–H and O–H groups in total. The molecule has 0 aromatic carbocycles. The summed E-state index contributed by atoms with van der Waals surface area (Å²) in [6.07, 6.45) is 6.54. The Morgan fingerprint density at radius 3 is 2.74 bits per heavy atom. The van der Waals surface area contributed by atoms with Crippen molar-refractivity contribution < 1.29 is 9.90 Å². The number of carboxylic acids is 1. The number of likely N-dealkylation sites (tertiary alicyclic amines) is 1. The summed E-state index contributed by atoms with van der Waals surface area (Å²) in [6.45, 7) is 8.56. The van der Waals surface area contributed by atoms with E-state index < -0.39 is 11.4 Å². The van der Waals surface area contributed by atoms with Crippen LogP contribution >= 0.6 is 0 Å². The molecule has 0 spiro atoms. The zero-order valence-electron chi connectivity index (χ0n) is 12.7. The molecule has 2 rings (SSSR count). The first-order chi connectivity index (χ1) is 9.00. The van der Waals surface area contributed by atoms with Gasteiger partial charge in [-0.05, 0) is 37.6 Å². The third-order valence-corrected chi connectivity index (χ3v) is 5.70. The van der Waals surface area contributed by atoms with Crippen molar-refractivity contribution in [2.75, 3.05) is 13.1 Å². The van der Waals surface area contributed by atoms with Crippen molar-refractivity contribution in [2.45, 2.75) is 65.3 Å². The Hall–Kier alpha value is -0.570. The van der Waals surface area contributed by atoms with Crippen molar-refractivity contribution in [3.05, 3.63) is 0 Å². The standard InChI is InChI=1S/C16H29NO2/c1-4-8-16(15(18)19)9-10-17(11-16)14-7-5-6-12(2)13(14)3/h12-14H,4-11H2,1-3H3,(H,18,19). The SMILES string of the molecule is CCCC1(C(=O)O)CCN(C2CCCC(C)C2C)C1. The molecule has 19 heavy (non-hydrogen) atoms. The van der Waals surface area contributed by atoms with Gasteiger partial charge in [0.05, 0.1) is 5.41 Å². The minimum atomic E-state index is -0.576. The zero-order valence-corrected chi connectivity index (χ0v) is 12.7. The molecule has 0 radical (unpaired) electrons. The van der Waals surface area contributed by atoms with E-state index in [0.29, 0.717) is 12.0 Å². The van der Waals surface area contributed by atoms with Crippen LogP contribution in [0.5, 0.6) is 0 Å². The Morgan fingerprint density at radius 2 is 2.11 bits per heavy atom. The summed E-state index contributed by atoms with van der Waals surface area (Å²) < 4.78 is 0. The number of rotatable bonds is 4. The Bertz CT molecular complexity index is 331. The highest BCUT2D eigenvalue weighted by atomic mass is 16.4. The van der Waals surface area contributed by atoms with Crippen molar-refractivity contribution in [1.29, 1.82) is 0 Å². The average molecular weight is 267 g/mol. The van der Waals surface area contributed by atoms with Crippen LogP contribution in [0.15, 0.2) is 0 Å². The fraction of sp³-hybridized carbons (Fsp3) is 0.938. The van der Waals surface area contributed by atoms with Gasteiger partial charge in [-0.2, -0.15) is 0 Å². The Morgan fingerprint density at radius 1 is 1.37 bits per heavy atom. The van der Waals surface area contributed by atoms with Crippen LogP contribution in [0.1, 0.15) is 59.3 Å². The van der Waals surface area contributed by atoms with Gasteiger partial charge in [-0.25, -0.2) is 0 Å². The van der Waals surface area contributed by atoms with Crippen molar-refractivity contribution >= 4 is 5.97 Å². The van der Waals surface area contributed by atoms with E-state index in [9.17, 15) is 9.90 Å². The number of aliphatic carboxylic acids is 1. The summed E-state index contributed by atoms with van der Waals surface area (Å²) in [5, 5.41) is 9.60. The van der Waals surface area contributed by atoms with Gasteiger partial charge >= 0.3 is 5.97 Å². The first-order valence-corrected chi connectivity index (χ1v) is 7.97. The maximum Gasteiger partial charge on any atom is 0.310 e. The first kappa shape index (κ1) is 14.8. The van der Waals surface area contributed by atoms with Gasteiger partial charge in [-0.3, -0.25) is 9.69 Å². The molecular weight excluding hydrogens is 238 g/mol. The molecule has 1 saturated carbocycles. The summed E-state index contributed by atoms with van der Waals surface area (Å²) in [6, 6.07) is 0.613. The minimum Gasteiger partial charge on any atom is -0.481 e. The molecule has 1 heterocycles. The van der Waals surface area contributed by atoms with Crippen LogP contribution in [-0.2, 0) is 4.79 Å². The van der Waals surface area contributed by atoms with Gasteiger partial charge in [-0.15, -0.1) is 0 Å². The summed E-state index contributed by atoms with van der Waals surface area (Å²) in [4.78, 5) is 14.2. The van der Waals surface area contributed by atoms with Crippen molar-refractivity contribution in [3.8, 4) is 0 Å². The highest BCUT2D eigenvalue weighted by molar-refractivity contribution is 5.75. The summed E-state index contributed by atoms with van der Waals surface area (Å²) in [5.74, 6) is 0.915. The normalized spacial score (nSPS) is 40.5. The zero-order chi connectivity index (χ0) is 14.0. The molecule has 110 valence electrons. The van der Waals surface area contributed by atoms with Crippen LogP contribution in [0.3, 0.4) is 0 Å². The van der Waals surface area contributed by atoms with Gasteiger partial charge in [0.15, 0.2) is 0 Å². The molecular formula is C16H29NO2. The molecule has 3 heteroatoms. The number of carbonyl (C=O) groups is 1. The second-order valence-electron chi connectivity index (χ2n) is 6.89. The van der Waals surface area contributed by atoms with Crippen LogP contribution in [-0.4, -0.2) is 35.1 Å². The predicted molar refractivity (Wildman–Crippen MR) is 77.1 cm³/mol. The summed E-state index contributed by atoms with van der Waals surface area (Å²) in [5.41, 5.74) is -0.463. The van der Waals surface area contributed by atoms with Gasteiger partial charge in [0.1, 0.15) is 0 Å². The molecule has 0 aromatic rings. The highest BCUT2D eigenvalue weighted by Gasteiger charge is 2.46. The van der Waals surface area contributed by atoms with Gasteiger partial charge in [0.2, 0.25) is 0 Å². The topological polar surface area (TPSA) is 40.5 Å². The molecule has 2 aliphatic rings. The number of hydrogen-bond acceptors (Lipinski definition) is 2. The van der Waals surface area contributed by atoms with E-state index in [-0.39, 0.29) is 0 Å². The largest absolute Gasteiger partial charge is 0.481 e. The van der Waals surface area contributed by atoms with Crippen molar-refractivity contribution in [3.63, 3.8) is 0 Å². The predicted octanol–water partition coefficient (Wildman–Crippen LogP) is 3.39. The molecule has 0 amide bonds. The molecule has 1 aliphatic heterocycles. The van der Waals surface area contributed by atoms with Crippen LogP contribution < -0.4 is 0 Å². The van der Waals surface area contributed by atoms with Gasteiger partial charge < -0.3 is 5.11 Å². The molecule has 1 aliphatic carbocycles. The van der Waals surface area contributed by atoms with E-state index in [0.717, 1.165) is 38.3 Å². The van der Waals surface area contributed by atoms with E-state index in [2.05, 4.69) is 25.7 Å². The molecule has 4 atom stereocenters. The molecule has 0 bridgehead atoms. The molecule has 2 fully saturated rings. The lowest BCUT2D eigenvalue weighted by atomic mass is 9.77. The van der Waals surface area contributed by atoms with Crippen LogP contribution in [0, 0.1) is 17.3 Å². The number of hydrogen-bond donors (Lipinski definition) is 1. The highest BCUT2D eigenvalue weighted by Crippen LogP contribution is 2.41. The monoisotopic (exact) mass is 267 g/mol. The number of nitrogens with zero attached hydrogens (tertiary/aromatic N) is 1. The lowest BCUT2D eigenvalue weighted by Crippen LogP contribution is -2.45. The second kappa shape index (κ2) is 5.82. The Labute approximate surface area is 117 Å². The van der Waals surface area contributed by atoms with Gasteiger partial charge in [0.25, 0.3) is 0 Å². The lowest BCUT2D eigenvalue weighted by molar-refractivity contribution is -0.148. The van der Waals surface area contributed by atoms with Crippen molar-refractivity contribution in [2.24, 2.45) is 17.3 Å². The number of carboxylic acid groups (broad SMARTS) is 1. The van der Waals surface area contributed by atoms with Gasteiger partial charge in [0, 0.05) is 12.6 Å². The van der Waals surface area contributed by atoms with E-state index in [1.807, 2.05) is 0 Å². The molecule has 1 saturated heterocycles. The Kier molecular flexibility index (Phi) is 4.54. The van der Waals surface area contributed by atoms with Crippen molar-refractivity contribution in [1.82, 2.24) is 4.90 Å². The third-order valence-electron chi connectivity index (χ3n) is 5.70. The maximum absolute atomic E-state index is 11.7. The van der Waals surface area contributed by atoms with E-state index >= 15 is 0 Å². The second-order valence-corrected chi connectivity index (χ2v) is 6.89. The maximum atomic E-state index is 11.7. The lowest BCUT2D eigenvalue weighted by Gasteiger charge is -2.40. The van der Waals surface area contributed by atoms with E-state index in [1.54, 1.807) is 0 Å². The van der Waals surface area contributed by atoms with Crippen LogP contribution in [0.25, 0.3) is 0 Å². The summed E-state index contributed by atoms with van der Waals surface area (Å²) >= 11 is 0.